The van der Waals surface area contributed by atoms with E-state index in [2.05, 4.69) is 26.1 Å². The third-order valence-corrected chi connectivity index (χ3v) is 9.13. The van der Waals surface area contributed by atoms with Crippen molar-refractivity contribution < 1.29 is 19.2 Å². The lowest BCUT2D eigenvalue weighted by Crippen LogP contribution is -2.65. The van der Waals surface area contributed by atoms with E-state index in [1.165, 1.54) is 6.42 Å². The van der Waals surface area contributed by atoms with Crippen molar-refractivity contribution in [2.45, 2.75) is 82.9 Å². The van der Waals surface area contributed by atoms with E-state index in [9.17, 15) is 9.90 Å². The minimum atomic E-state index is -0.659. The van der Waals surface area contributed by atoms with Gasteiger partial charge in [-0.3, -0.25) is 4.79 Å². The predicted molar refractivity (Wildman–Crippen MR) is 98.7 cm³/mol. The van der Waals surface area contributed by atoms with Crippen LogP contribution in [0.5, 0.6) is 0 Å². The molecule has 0 radical (unpaired) electrons. The minimum Gasteiger partial charge on any atom is -0.480 e. The molecule has 0 aromatic rings. The molecule has 5 nitrogen and oxygen atoms in total. The molecule has 2 heterocycles. The minimum absolute atomic E-state index is 0.104. The van der Waals surface area contributed by atoms with Crippen LogP contribution in [0.3, 0.4) is 0 Å². The first-order valence-electron chi connectivity index (χ1n) is 10.6. The van der Waals surface area contributed by atoms with Crippen LogP contribution >= 0.6 is 0 Å². The van der Waals surface area contributed by atoms with E-state index in [4.69, 9.17) is 9.31 Å². The highest BCUT2D eigenvalue weighted by Crippen LogP contribution is 2.65. The van der Waals surface area contributed by atoms with Gasteiger partial charge in [-0.1, -0.05) is 20.3 Å². The number of hydrogen-bond donors (Lipinski definition) is 2. The fourth-order valence-corrected chi connectivity index (χ4v) is 7.38. The molecule has 6 aliphatic rings. The van der Waals surface area contributed by atoms with Gasteiger partial charge in [-0.05, 0) is 81.0 Å². The van der Waals surface area contributed by atoms with Crippen molar-refractivity contribution in [1.82, 2.24) is 5.32 Å². The van der Waals surface area contributed by atoms with Crippen LogP contribution < -0.4 is 5.32 Å². The number of nitrogens with one attached hydrogen (secondary N) is 1. The molecule has 2 aliphatic heterocycles. The summed E-state index contributed by atoms with van der Waals surface area (Å²) < 4.78 is 12.8. The number of hydrogen-bond acceptors (Lipinski definition) is 4. The molecule has 6 fully saturated rings. The number of carbonyl (C=O) groups is 1. The Labute approximate surface area is 156 Å². The first-order valence-corrected chi connectivity index (χ1v) is 10.6. The van der Waals surface area contributed by atoms with Crippen molar-refractivity contribution in [3.05, 3.63) is 0 Å². The highest BCUT2D eigenvalue weighted by atomic mass is 16.7. The second-order valence-corrected chi connectivity index (χ2v) is 10.4. The molecule has 0 aromatic carbocycles. The Balaban J connectivity index is 1.19. The van der Waals surface area contributed by atoms with E-state index in [0.29, 0.717) is 17.3 Å². The molecular weight excluding hydrogens is 329 g/mol. The highest BCUT2D eigenvalue weighted by Gasteiger charge is 2.67. The molecule has 0 spiro atoms. The Morgan fingerprint density at radius 1 is 1.31 bits per heavy atom. The van der Waals surface area contributed by atoms with Crippen LogP contribution in [0.25, 0.3) is 0 Å². The van der Waals surface area contributed by atoms with Crippen molar-refractivity contribution in [3.63, 3.8) is 0 Å². The van der Waals surface area contributed by atoms with Gasteiger partial charge in [-0.15, -0.1) is 0 Å². The lowest BCUT2D eigenvalue weighted by molar-refractivity contribution is -0.199. The molecule has 144 valence electrons. The van der Waals surface area contributed by atoms with E-state index >= 15 is 0 Å². The van der Waals surface area contributed by atoms with E-state index in [1.54, 1.807) is 0 Å². The second kappa shape index (κ2) is 5.48. The van der Waals surface area contributed by atoms with Gasteiger partial charge in [0.2, 0.25) is 0 Å². The van der Waals surface area contributed by atoms with Gasteiger partial charge in [0.15, 0.2) is 0 Å². The molecule has 2 N–H and O–H groups in total. The lowest BCUT2D eigenvalue weighted by Gasteiger charge is -2.64. The van der Waals surface area contributed by atoms with Crippen molar-refractivity contribution in [2.24, 2.45) is 29.1 Å². The van der Waals surface area contributed by atoms with E-state index < -0.39 is 11.5 Å². The molecule has 7 atom stereocenters. The maximum atomic E-state index is 11.8. The number of piperidine rings is 1. The SMILES string of the molecule is CC1(C)[C@@H]2C[C@H]3OB(CCCC4C5CC[C@@]4(C(=O)O)NC5)O[C@@]3(C)[C@H]1C2. The lowest BCUT2D eigenvalue weighted by atomic mass is 9.43. The van der Waals surface area contributed by atoms with Crippen LogP contribution in [0.15, 0.2) is 0 Å². The molecule has 26 heavy (non-hydrogen) atoms. The summed E-state index contributed by atoms with van der Waals surface area (Å²) in [5.74, 6) is 1.53. The van der Waals surface area contributed by atoms with Gasteiger partial charge in [-0.25, -0.2) is 0 Å². The largest absolute Gasteiger partial charge is 0.480 e. The summed E-state index contributed by atoms with van der Waals surface area (Å²) in [5.41, 5.74) is -0.404. The van der Waals surface area contributed by atoms with Crippen LogP contribution in [0.2, 0.25) is 6.32 Å². The van der Waals surface area contributed by atoms with E-state index in [0.717, 1.165) is 50.9 Å². The van der Waals surface area contributed by atoms with Gasteiger partial charge in [0.1, 0.15) is 5.54 Å². The molecule has 4 bridgehead atoms. The third kappa shape index (κ3) is 2.12. The Morgan fingerprint density at radius 2 is 2.12 bits per heavy atom. The Bertz CT molecular complexity index is 617. The maximum Gasteiger partial charge on any atom is 0.457 e. The Morgan fingerprint density at radius 3 is 2.77 bits per heavy atom. The smallest absolute Gasteiger partial charge is 0.457 e. The summed E-state index contributed by atoms with van der Waals surface area (Å²) in [5, 5.41) is 13.0. The highest BCUT2D eigenvalue weighted by molar-refractivity contribution is 6.45. The van der Waals surface area contributed by atoms with Crippen molar-refractivity contribution in [3.8, 4) is 0 Å². The van der Waals surface area contributed by atoms with Crippen LogP contribution in [0.1, 0.15) is 59.3 Å². The quantitative estimate of drug-likeness (QED) is 0.737. The second-order valence-electron chi connectivity index (χ2n) is 10.4. The zero-order valence-corrected chi connectivity index (χ0v) is 16.3. The molecule has 2 unspecified atom stereocenters. The van der Waals surface area contributed by atoms with Crippen LogP contribution in [-0.4, -0.2) is 42.0 Å². The summed E-state index contributed by atoms with van der Waals surface area (Å²) in [7, 11) is -0.104. The van der Waals surface area contributed by atoms with Gasteiger partial charge in [-0.2, -0.15) is 0 Å². The molecular formula is C20H32BNO4. The molecule has 2 saturated heterocycles. The van der Waals surface area contributed by atoms with Gasteiger partial charge in [0, 0.05) is 0 Å². The van der Waals surface area contributed by atoms with E-state index in [1.807, 2.05) is 0 Å². The topological polar surface area (TPSA) is 67.8 Å². The Kier molecular flexibility index (Phi) is 3.69. The molecule has 4 saturated carbocycles. The average molecular weight is 361 g/mol. The van der Waals surface area contributed by atoms with Gasteiger partial charge in [0.05, 0.1) is 11.7 Å². The summed E-state index contributed by atoms with van der Waals surface area (Å²) in [6.45, 7) is 7.90. The number of fused-ring (bicyclic) bond motifs is 2. The van der Waals surface area contributed by atoms with Crippen molar-refractivity contribution in [1.29, 1.82) is 0 Å². The van der Waals surface area contributed by atoms with Crippen molar-refractivity contribution >= 4 is 13.1 Å². The van der Waals surface area contributed by atoms with E-state index in [-0.39, 0.29) is 24.7 Å². The predicted octanol–water partition coefficient (Wildman–Crippen LogP) is 2.95. The van der Waals surface area contributed by atoms with Gasteiger partial charge >= 0.3 is 13.1 Å². The number of rotatable bonds is 5. The molecule has 6 rings (SSSR count). The number of aliphatic carboxylic acids is 1. The Hall–Kier alpha value is -0.585. The van der Waals surface area contributed by atoms with Gasteiger partial charge < -0.3 is 19.7 Å². The molecule has 4 aliphatic carbocycles. The summed E-state index contributed by atoms with van der Waals surface area (Å²) in [6, 6.07) is 0. The zero-order valence-electron chi connectivity index (χ0n) is 16.3. The summed E-state index contributed by atoms with van der Waals surface area (Å²) >= 11 is 0. The fraction of sp³-hybridized carbons (Fsp3) is 0.950. The number of carboxylic acids is 1. The first-order chi connectivity index (χ1) is 12.3. The van der Waals surface area contributed by atoms with Crippen LogP contribution in [-0.2, 0) is 14.1 Å². The monoisotopic (exact) mass is 361 g/mol. The summed E-state index contributed by atoms with van der Waals surface area (Å²) in [4.78, 5) is 11.8. The maximum absolute atomic E-state index is 11.8. The molecule has 0 amide bonds. The standard InChI is InChI=1S/C20H32BNO4/c1-18(2)13-9-15(18)19(3)16(10-13)25-21(26-19)8-4-5-14-12-6-7-20(14,17(23)24)22-11-12/h12-16,22H,4-11H2,1-3H3,(H,23,24)/t12?,13-,14?,15-,16+,19-,20+/m0/s1. The van der Waals surface area contributed by atoms with Gasteiger partial charge in [0.25, 0.3) is 0 Å². The average Bonchev–Trinajstić information content (AvgIpc) is 3.23. The van der Waals surface area contributed by atoms with Crippen LogP contribution in [0.4, 0.5) is 0 Å². The number of carboxylic acid groups (broad SMARTS) is 1. The van der Waals surface area contributed by atoms with Crippen molar-refractivity contribution in [2.75, 3.05) is 6.54 Å². The fourth-order valence-electron chi connectivity index (χ4n) is 7.38. The molecule has 0 aromatic heterocycles. The third-order valence-electron chi connectivity index (χ3n) is 9.13. The normalized spacial score (nSPS) is 50.6. The molecule has 6 heteroatoms. The summed E-state index contributed by atoms with van der Waals surface area (Å²) in [6.07, 6.45) is 7.35. The first kappa shape index (κ1) is 17.5. The zero-order chi connectivity index (χ0) is 18.3. The van der Waals surface area contributed by atoms with Crippen LogP contribution in [0, 0.1) is 29.1 Å².